The van der Waals surface area contributed by atoms with E-state index >= 15 is 0 Å². The van der Waals surface area contributed by atoms with Gasteiger partial charge in [-0.2, -0.15) is 10.5 Å². The van der Waals surface area contributed by atoms with Crippen LogP contribution in [0.3, 0.4) is 0 Å². The smallest absolute Gasteiger partial charge is 0.128 e. The van der Waals surface area contributed by atoms with Gasteiger partial charge in [-0.3, -0.25) is 0 Å². The molecule has 0 fully saturated rings. The molecule has 2 aromatic carbocycles. The topological polar surface area (TPSA) is 104 Å². The lowest BCUT2D eigenvalue weighted by Crippen LogP contribution is -2.23. The van der Waals surface area contributed by atoms with E-state index < -0.39 is 0 Å². The molecule has 1 aliphatic carbocycles. The van der Waals surface area contributed by atoms with E-state index in [2.05, 4.69) is 69.4 Å². The van der Waals surface area contributed by atoms with Crippen molar-refractivity contribution in [1.82, 2.24) is 5.32 Å². The normalized spacial score (nSPS) is 12.2. The number of benzene rings is 2. The highest BCUT2D eigenvalue weighted by atomic mass is 32.2. The van der Waals surface area contributed by atoms with Crippen LogP contribution >= 0.6 is 11.8 Å². The number of carbonyl (C=O) groups excluding carboxylic acids is 1. The number of ether oxygens (including phenoxy) is 3. The third kappa shape index (κ3) is 13.4. The maximum atomic E-state index is 10.1. The van der Waals surface area contributed by atoms with Gasteiger partial charge < -0.3 is 24.3 Å². The van der Waals surface area contributed by atoms with Crippen molar-refractivity contribution in [2.75, 3.05) is 52.4 Å². The first-order valence-corrected chi connectivity index (χ1v) is 17.1. The Morgan fingerprint density at radius 1 is 1.00 bits per heavy atom. The van der Waals surface area contributed by atoms with Gasteiger partial charge in [0.15, 0.2) is 0 Å². The summed E-state index contributed by atoms with van der Waals surface area (Å²) >= 11 is 1.82. The SMILES string of the molecule is C=O.CCCCCCOc1cc(C(C)C)cc2cc(C#N)c(C#N)c(C3=CC(SCC)=CCC3)c12.CCOCCNCCOC. The van der Waals surface area contributed by atoms with Crippen LogP contribution in [0.5, 0.6) is 5.75 Å². The summed E-state index contributed by atoms with van der Waals surface area (Å²) in [6.07, 6.45) is 10.8. The number of nitriles is 2. The highest BCUT2D eigenvalue weighted by Crippen LogP contribution is 2.42. The van der Waals surface area contributed by atoms with Crippen molar-refractivity contribution in [3.8, 4) is 17.9 Å². The molecule has 0 spiro atoms. The molecular weight excluding hydrogens is 582 g/mol. The summed E-state index contributed by atoms with van der Waals surface area (Å²) in [6, 6.07) is 10.8. The Balaban J connectivity index is 0.000000719. The average molecular weight is 636 g/mol. The maximum Gasteiger partial charge on any atom is 0.128 e. The quantitative estimate of drug-likeness (QED) is 0.172. The fourth-order valence-corrected chi connectivity index (χ4v) is 5.73. The summed E-state index contributed by atoms with van der Waals surface area (Å²) in [5.74, 6) is 2.18. The van der Waals surface area contributed by atoms with Crippen molar-refractivity contribution in [2.45, 2.75) is 79.1 Å². The van der Waals surface area contributed by atoms with Gasteiger partial charge in [0.2, 0.25) is 0 Å². The Kier molecular flexibility index (Phi) is 21.4. The van der Waals surface area contributed by atoms with Crippen LogP contribution in [0.1, 0.15) is 101 Å². The number of fused-ring (bicyclic) bond motifs is 1. The molecule has 0 aromatic heterocycles. The number of unbranched alkanes of at least 4 members (excludes halogenated alkanes) is 3. The second kappa shape index (κ2) is 24.1. The monoisotopic (exact) mass is 635 g/mol. The van der Waals surface area contributed by atoms with E-state index in [1.54, 1.807) is 7.11 Å². The Morgan fingerprint density at radius 2 is 1.76 bits per heavy atom. The maximum absolute atomic E-state index is 10.1. The van der Waals surface area contributed by atoms with E-state index in [9.17, 15) is 10.5 Å². The van der Waals surface area contributed by atoms with Crippen LogP contribution in [0.25, 0.3) is 16.3 Å². The first-order chi connectivity index (χ1) is 21.9. The summed E-state index contributed by atoms with van der Waals surface area (Å²) in [7, 11) is 1.70. The lowest BCUT2D eigenvalue weighted by molar-refractivity contribution is -0.0980. The Hall–Kier alpha value is -3.14. The predicted octanol–water partition coefficient (Wildman–Crippen LogP) is 8.55. The number of allylic oxidation sites excluding steroid dienone is 3. The number of rotatable bonds is 17. The van der Waals surface area contributed by atoms with E-state index in [0.29, 0.717) is 23.7 Å². The van der Waals surface area contributed by atoms with Crippen LogP contribution in [-0.4, -0.2) is 59.2 Å². The lowest BCUT2D eigenvalue weighted by atomic mass is 9.85. The molecule has 0 aliphatic heterocycles. The van der Waals surface area contributed by atoms with Gasteiger partial charge >= 0.3 is 0 Å². The van der Waals surface area contributed by atoms with Gasteiger partial charge in [0.1, 0.15) is 24.7 Å². The summed E-state index contributed by atoms with van der Waals surface area (Å²) < 4.78 is 16.4. The molecule has 246 valence electrons. The van der Waals surface area contributed by atoms with E-state index in [-0.39, 0.29) is 0 Å². The molecule has 7 nitrogen and oxygen atoms in total. The zero-order chi connectivity index (χ0) is 33.5. The van der Waals surface area contributed by atoms with Crippen molar-refractivity contribution in [3.05, 3.63) is 57.5 Å². The minimum atomic E-state index is 0.339. The van der Waals surface area contributed by atoms with E-state index in [1.165, 1.54) is 23.3 Å². The van der Waals surface area contributed by atoms with Gasteiger partial charge in [0.05, 0.1) is 30.9 Å². The van der Waals surface area contributed by atoms with Crippen LogP contribution in [0, 0.1) is 22.7 Å². The molecule has 0 radical (unpaired) electrons. The number of methoxy groups -OCH3 is 1. The van der Waals surface area contributed by atoms with Gasteiger partial charge in [-0.05, 0) is 72.6 Å². The molecule has 0 amide bonds. The third-order valence-electron chi connectivity index (χ3n) is 7.20. The molecule has 0 heterocycles. The molecule has 1 aliphatic rings. The number of nitrogens with zero attached hydrogens (tertiary/aromatic N) is 2. The molecular formula is C37H53N3O4S. The molecule has 2 aromatic rings. The van der Waals surface area contributed by atoms with Crippen LogP contribution in [-0.2, 0) is 14.3 Å². The van der Waals surface area contributed by atoms with Crippen LogP contribution in [0.2, 0.25) is 0 Å². The molecule has 3 rings (SSSR count). The first-order valence-electron chi connectivity index (χ1n) is 16.1. The molecule has 1 N–H and O–H groups in total. The third-order valence-corrected chi connectivity index (χ3v) is 8.10. The number of thioether (sulfide) groups is 1. The zero-order valence-corrected chi connectivity index (χ0v) is 29.1. The van der Waals surface area contributed by atoms with Crippen molar-refractivity contribution >= 4 is 34.9 Å². The van der Waals surface area contributed by atoms with Crippen molar-refractivity contribution in [2.24, 2.45) is 0 Å². The molecule has 0 unspecified atom stereocenters. The predicted molar refractivity (Wildman–Crippen MR) is 189 cm³/mol. The van der Waals surface area contributed by atoms with Crippen molar-refractivity contribution in [3.63, 3.8) is 0 Å². The molecule has 0 saturated heterocycles. The minimum Gasteiger partial charge on any atom is -0.493 e. The molecule has 0 saturated carbocycles. The Labute approximate surface area is 276 Å². The Bertz CT molecular complexity index is 1300. The lowest BCUT2D eigenvalue weighted by Gasteiger charge is -2.21. The summed E-state index contributed by atoms with van der Waals surface area (Å²) in [5, 5.41) is 25.1. The second-order valence-electron chi connectivity index (χ2n) is 10.8. The highest BCUT2D eigenvalue weighted by molar-refractivity contribution is 8.03. The van der Waals surface area contributed by atoms with Crippen LogP contribution in [0.15, 0.2) is 35.3 Å². The van der Waals surface area contributed by atoms with Crippen LogP contribution < -0.4 is 10.1 Å². The standard InChI is InChI=1S/C29H34N2OS.C7H17NO2.CH2O/c1-5-7-8-9-13-32-27-17-22(20(3)4)14-23-15-24(18-30)26(19-31)28(29(23)27)21-11-10-12-25(16-21)33-6-2;1-3-10-7-5-8-4-6-9-2;1-2/h12,14-17,20H,5-11,13H2,1-4H3;8H,3-7H2,1-2H3;1H2. The second-order valence-corrected chi connectivity index (χ2v) is 12.1. The van der Waals surface area contributed by atoms with E-state index in [4.69, 9.17) is 19.0 Å². The number of carbonyl (C=O) groups is 1. The summed E-state index contributed by atoms with van der Waals surface area (Å²) in [4.78, 5) is 9.24. The number of hydrogen-bond acceptors (Lipinski definition) is 8. The van der Waals surface area contributed by atoms with Gasteiger partial charge in [-0.25, -0.2) is 0 Å². The zero-order valence-electron chi connectivity index (χ0n) is 28.3. The fourth-order valence-electron chi connectivity index (χ4n) is 4.94. The van der Waals surface area contributed by atoms with Gasteiger partial charge in [0.25, 0.3) is 0 Å². The largest absolute Gasteiger partial charge is 0.493 e. The average Bonchev–Trinajstić information content (AvgIpc) is 3.06. The first kappa shape index (κ1) is 39.9. The highest BCUT2D eigenvalue weighted by Gasteiger charge is 2.22. The van der Waals surface area contributed by atoms with E-state index in [1.807, 2.05) is 31.5 Å². The fraction of sp³-hybridized carbons (Fsp3) is 0.541. The summed E-state index contributed by atoms with van der Waals surface area (Å²) in [6.45, 7) is 17.5. The van der Waals surface area contributed by atoms with Crippen molar-refractivity contribution in [1.29, 1.82) is 10.5 Å². The molecule has 45 heavy (non-hydrogen) atoms. The van der Waals surface area contributed by atoms with E-state index in [0.717, 1.165) is 92.0 Å². The van der Waals surface area contributed by atoms with Gasteiger partial charge in [0, 0.05) is 42.7 Å². The molecule has 8 heteroatoms. The Morgan fingerprint density at radius 3 is 2.38 bits per heavy atom. The minimum absolute atomic E-state index is 0.339. The number of nitrogens with one attached hydrogen (secondary N) is 1. The summed E-state index contributed by atoms with van der Waals surface area (Å²) in [5.41, 5.74) is 4.10. The van der Waals surface area contributed by atoms with Gasteiger partial charge in [-0.15, -0.1) is 11.8 Å². The van der Waals surface area contributed by atoms with Crippen LogP contribution in [0.4, 0.5) is 0 Å². The molecule has 0 atom stereocenters. The van der Waals surface area contributed by atoms with Crippen molar-refractivity contribution < 1.29 is 19.0 Å². The van der Waals surface area contributed by atoms with Gasteiger partial charge in [-0.1, -0.05) is 59.1 Å². The molecule has 0 bridgehead atoms. The number of hydrogen-bond donors (Lipinski definition) is 1.